The highest BCUT2D eigenvalue weighted by Gasteiger charge is 2.12. The lowest BCUT2D eigenvalue weighted by Gasteiger charge is -2.08. The van der Waals surface area contributed by atoms with E-state index in [1.165, 1.54) is 6.07 Å². The van der Waals surface area contributed by atoms with Crippen LogP contribution in [0.25, 0.3) is 11.3 Å². The summed E-state index contributed by atoms with van der Waals surface area (Å²) in [5, 5.41) is 0. The average molecular weight is 247 g/mol. The van der Waals surface area contributed by atoms with Gasteiger partial charge in [0, 0.05) is 18.0 Å². The van der Waals surface area contributed by atoms with Crippen LogP contribution in [-0.2, 0) is 0 Å². The monoisotopic (exact) mass is 247 g/mol. The second-order valence-corrected chi connectivity index (χ2v) is 4.49. The molecule has 0 saturated carbocycles. The van der Waals surface area contributed by atoms with E-state index in [1.54, 1.807) is 19.2 Å². The second kappa shape index (κ2) is 5.31. The number of H-pyrrole nitrogens is 1. The van der Waals surface area contributed by atoms with Crippen molar-refractivity contribution in [2.24, 2.45) is 5.73 Å². The molecule has 1 unspecified atom stereocenters. The van der Waals surface area contributed by atoms with Crippen LogP contribution in [0.5, 0.6) is 0 Å². The van der Waals surface area contributed by atoms with Crippen molar-refractivity contribution in [2.75, 3.05) is 6.54 Å². The lowest BCUT2D eigenvalue weighted by Crippen LogP contribution is -2.12. The Morgan fingerprint density at radius 2 is 2.22 bits per heavy atom. The number of benzene rings is 1. The Morgan fingerprint density at radius 3 is 2.83 bits per heavy atom. The van der Waals surface area contributed by atoms with E-state index in [-0.39, 0.29) is 11.7 Å². The first-order valence-electron chi connectivity index (χ1n) is 6.17. The Bertz CT molecular complexity index is 530. The molecule has 1 heterocycles. The number of rotatable bonds is 4. The minimum absolute atomic E-state index is 0.188. The Kier molecular flexibility index (Phi) is 3.77. The quantitative estimate of drug-likeness (QED) is 0.872. The number of aryl methyl sites for hydroxylation is 1. The lowest BCUT2D eigenvalue weighted by molar-refractivity contribution is 0.618. The van der Waals surface area contributed by atoms with E-state index in [0.717, 1.165) is 23.5 Å². The van der Waals surface area contributed by atoms with Crippen LogP contribution in [-0.4, -0.2) is 16.5 Å². The first-order valence-corrected chi connectivity index (χ1v) is 6.17. The Labute approximate surface area is 106 Å². The van der Waals surface area contributed by atoms with Gasteiger partial charge in [0.05, 0.1) is 11.9 Å². The second-order valence-electron chi connectivity index (χ2n) is 4.49. The van der Waals surface area contributed by atoms with E-state index >= 15 is 0 Å². The van der Waals surface area contributed by atoms with E-state index in [1.807, 2.05) is 6.07 Å². The number of halogens is 1. The summed E-state index contributed by atoms with van der Waals surface area (Å²) in [5.74, 6) is 0.962. The Hall–Kier alpha value is -1.68. The highest BCUT2D eigenvalue weighted by atomic mass is 19.1. The number of nitrogens with one attached hydrogen (secondary N) is 1. The third-order valence-corrected chi connectivity index (χ3v) is 3.23. The van der Waals surface area contributed by atoms with Crippen molar-refractivity contribution in [1.82, 2.24) is 9.97 Å². The molecule has 18 heavy (non-hydrogen) atoms. The number of nitrogens with two attached hydrogens (primary N) is 1. The maximum absolute atomic E-state index is 13.2. The van der Waals surface area contributed by atoms with Gasteiger partial charge in [-0.15, -0.1) is 0 Å². The molecule has 0 radical (unpaired) electrons. The molecule has 0 fully saturated rings. The number of imidazole rings is 1. The van der Waals surface area contributed by atoms with Crippen molar-refractivity contribution >= 4 is 0 Å². The molecule has 2 aromatic rings. The number of nitrogens with zero attached hydrogens (tertiary/aromatic N) is 1. The SMILES string of the molecule is CCC(CN)c1ncc(-c2ccc(F)c(C)c2)[nH]1. The van der Waals surface area contributed by atoms with Gasteiger partial charge in [0.15, 0.2) is 0 Å². The maximum atomic E-state index is 13.2. The van der Waals surface area contributed by atoms with Crippen molar-refractivity contribution in [3.63, 3.8) is 0 Å². The topological polar surface area (TPSA) is 54.7 Å². The highest BCUT2D eigenvalue weighted by molar-refractivity contribution is 5.59. The summed E-state index contributed by atoms with van der Waals surface area (Å²) in [5.41, 5.74) is 8.18. The van der Waals surface area contributed by atoms with Gasteiger partial charge in [-0.3, -0.25) is 0 Å². The molecule has 1 atom stereocenters. The van der Waals surface area contributed by atoms with E-state index in [9.17, 15) is 4.39 Å². The number of aromatic nitrogens is 2. The summed E-state index contributed by atoms with van der Waals surface area (Å²) < 4.78 is 13.2. The van der Waals surface area contributed by atoms with Crippen LogP contribution in [0.2, 0.25) is 0 Å². The summed E-state index contributed by atoms with van der Waals surface area (Å²) in [4.78, 5) is 7.62. The molecule has 3 nitrogen and oxygen atoms in total. The van der Waals surface area contributed by atoms with Gasteiger partial charge in [-0.1, -0.05) is 6.92 Å². The third kappa shape index (κ3) is 2.43. The molecule has 2 rings (SSSR count). The van der Waals surface area contributed by atoms with Gasteiger partial charge >= 0.3 is 0 Å². The largest absolute Gasteiger partial charge is 0.342 e. The van der Waals surface area contributed by atoms with E-state index in [0.29, 0.717) is 12.1 Å². The zero-order valence-corrected chi connectivity index (χ0v) is 10.7. The van der Waals surface area contributed by atoms with E-state index in [4.69, 9.17) is 5.73 Å². The molecule has 0 aliphatic heterocycles. The predicted molar refractivity (Wildman–Crippen MR) is 70.8 cm³/mol. The molecule has 0 aliphatic rings. The predicted octanol–water partition coefficient (Wildman–Crippen LogP) is 2.98. The molecule has 0 spiro atoms. The normalized spacial score (nSPS) is 12.7. The first kappa shape index (κ1) is 12.8. The molecular weight excluding hydrogens is 229 g/mol. The molecule has 4 heteroatoms. The van der Waals surface area contributed by atoms with Gasteiger partial charge in [0.2, 0.25) is 0 Å². The molecule has 0 bridgehead atoms. The molecule has 0 saturated heterocycles. The zero-order valence-electron chi connectivity index (χ0n) is 10.7. The fourth-order valence-corrected chi connectivity index (χ4v) is 1.97. The molecule has 96 valence electrons. The average Bonchev–Trinajstić information content (AvgIpc) is 2.84. The van der Waals surface area contributed by atoms with Crippen LogP contribution < -0.4 is 5.73 Å². The Balaban J connectivity index is 2.31. The molecule has 3 N–H and O–H groups in total. The van der Waals surface area contributed by atoms with Crippen molar-refractivity contribution in [3.05, 3.63) is 41.6 Å². The van der Waals surface area contributed by atoms with Crippen molar-refractivity contribution in [3.8, 4) is 11.3 Å². The smallest absolute Gasteiger partial charge is 0.126 e. The summed E-state index contributed by atoms with van der Waals surface area (Å²) in [7, 11) is 0. The fourth-order valence-electron chi connectivity index (χ4n) is 1.97. The maximum Gasteiger partial charge on any atom is 0.126 e. The zero-order chi connectivity index (χ0) is 13.1. The van der Waals surface area contributed by atoms with Gasteiger partial charge < -0.3 is 10.7 Å². The van der Waals surface area contributed by atoms with Crippen molar-refractivity contribution in [1.29, 1.82) is 0 Å². The minimum atomic E-state index is -0.188. The summed E-state index contributed by atoms with van der Waals surface area (Å²) in [6.07, 6.45) is 2.73. The van der Waals surface area contributed by atoms with Gasteiger partial charge in [-0.2, -0.15) is 0 Å². The van der Waals surface area contributed by atoms with Crippen molar-refractivity contribution < 1.29 is 4.39 Å². The van der Waals surface area contributed by atoms with Gasteiger partial charge in [0.25, 0.3) is 0 Å². The Morgan fingerprint density at radius 1 is 1.44 bits per heavy atom. The van der Waals surface area contributed by atoms with Gasteiger partial charge in [-0.05, 0) is 37.1 Å². The summed E-state index contributed by atoms with van der Waals surface area (Å²) >= 11 is 0. The number of hydrogen-bond acceptors (Lipinski definition) is 2. The summed E-state index contributed by atoms with van der Waals surface area (Å²) in [6.45, 7) is 4.42. The van der Waals surface area contributed by atoms with E-state index in [2.05, 4.69) is 16.9 Å². The highest BCUT2D eigenvalue weighted by Crippen LogP contribution is 2.23. The molecule has 1 aromatic heterocycles. The van der Waals surface area contributed by atoms with Gasteiger partial charge in [-0.25, -0.2) is 9.37 Å². The van der Waals surface area contributed by atoms with Crippen LogP contribution in [0.3, 0.4) is 0 Å². The standard InChI is InChI=1S/C14H18FN3/c1-3-10(7-16)14-17-8-13(18-14)11-4-5-12(15)9(2)6-11/h4-6,8,10H,3,7,16H2,1-2H3,(H,17,18). The van der Waals surface area contributed by atoms with Crippen LogP contribution in [0.15, 0.2) is 24.4 Å². The number of aromatic amines is 1. The first-order chi connectivity index (χ1) is 8.65. The molecule has 0 amide bonds. The molecular formula is C14H18FN3. The molecule has 0 aliphatic carbocycles. The van der Waals surface area contributed by atoms with E-state index < -0.39 is 0 Å². The van der Waals surface area contributed by atoms with Crippen LogP contribution in [0, 0.1) is 12.7 Å². The van der Waals surface area contributed by atoms with Crippen LogP contribution in [0.1, 0.15) is 30.7 Å². The number of hydrogen-bond donors (Lipinski definition) is 2. The van der Waals surface area contributed by atoms with Crippen molar-refractivity contribution in [2.45, 2.75) is 26.2 Å². The molecule has 1 aromatic carbocycles. The summed E-state index contributed by atoms with van der Waals surface area (Å²) in [6, 6.07) is 5.05. The lowest BCUT2D eigenvalue weighted by atomic mass is 10.1. The third-order valence-electron chi connectivity index (χ3n) is 3.23. The van der Waals surface area contributed by atoms with Gasteiger partial charge in [0.1, 0.15) is 11.6 Å². The van der Waals surface area contributed by atoms with Crippen LogP contribution in [0.4, 0.5) is 4.39 Å². The fraction of sp³-hybridized carbons (Fsp3) is 0.357. The minimum Gasteiger partial charge on any atom is -0.342 e. The van der Waals surface area contributed by atoms with Crippen LogP contribution >= 0.6 is 0 Å².